The van der Waals surface area contributed by atoms with Crippen LogP contribution in [0.15, 0.2) is 21.5 Å². The predicted octanol–water partition coefficient (Wildman–Crippen LogP) is 3.46. The third-order valence-corrected chi connectivity index (χ3v) is 6.23. The summed E-state index contributed by atoms with van der Waals surface area (Å²) < 4.78 is 23.4. The molecule has 21 heavy (non-hydrogen) atoms. The van der Waals surface area contributed by atoms with Crippen LogP contribution in [0.4, 0.5) is 0 Å². The predicted molar refractivity (Wildman–Crippen MR) is 86.1 cm³/mol. The number of carbonyl (C=O) groups excluding carboxylic acids is 1. The Balaban J connectivity index is 2.22. The molecule has 1 unspecified atom stereocenters. The van der Waals surface area contributed by atoms with Gasteiger partial charge in [-0.1, -0.05) is 29.8 Å². The topological polar surface area (TPSA) is 63.2 Å². The summed E-state index contributed by atoms with van der Waals surface area (Å²) in [6.45, 7) is 6.67. The molecule has 0 bridgehead atoms. The van der Waals surface area contributed by atoms with Crippen LogP contribution in [0.5, 0.6) is 0 Å². The Kier molecular flexibility index (Phi) is 4.44. The van der Waals surface area contributed by atoms with Crippen LogP contribution in [0, 0.1) is 18.3 Å². The van der Waals surface area contributed by atoms with Gasteiger partial charge in [0.05, 0.1) is 4.90 Å². The molecule has 1 aromatic rings. The third kappa shape index (κ3) is 3.79. The van der Waals surface area contributed by atoms with Crippen molar-refractivity contribution in [2.75, 3.05) is 6.54 Å². The van der Waals surface area contributed by atoms with E-state index in [1.807, 2.05) is 0 Å². The number of rotatable bonds is 4. The summed E-state index contributed by atoms with van der Waals surface area (Å²) in [6, 6.07) is 2.72. The van der Waals surface area contributed by atoms with Crippen molar-refractivity contribution >= 4 is 41.6 Å². The Bertz CT molecular complexity index is 700. The number of hydrogen-bond donors (Lipinski definition) is 1. The lowest BCUT2D eigenvalue weighted by atomic mass is 10.1. The van der Waals surface area contributed by atoms with Crippen molar-refractivity contribution in [2.24, 2.45) is 11.3 Å². The molecule has 0 aliphatic heterocycles. The molecular formula is C14H17BrClNO3S. The molecule has 1 fully saturated rings. The zero-order valence-corrected chi connectivity index (χ0v) is 15.2. The molecule has 1 aliphatic rings. The van der Waals surface area contributed by atoms with Gasteiger partial charge >= 0.3 is 0 Å². The van der Waals surface area contributed by atoms with Crippen LogP contribution in [0.25, 0.3) is 0 Å². The fourth-order valence-corrected chi connectivity index (χ4v) is 3.66. The van der Waals surface area contributed by atoms with Gasteiger partial charge in [-0.3, -0.25) is 4.79 Å². The first kappa shape index (κ1) is 16.8. The first-order valence-corrected chi connectivity index (χ1v) is 9.65. The van der Waals surface area contributed by atoms with Crippen LogP contribution >= 0.6 is 26.6 Å². The summed E-state index contributed by atoms with van der Waals surface area (Å²) in [5.74, 6) is 0.197. The molecule has 1 N–H and O–H groups in total. The zero-order chi connectivity index (χ0) is 16.0. The highest BCUT2D eigenvalue weighted by Crippen LogP contribution is 2.51. The number of amides is 1. The lowest BCUT2D eigenvalue weighted by molar-refractivity contribution is 0.0949. The van der Waals surface area contributed by atoms with Gasteiger partial charge in [-0.15, -0.1) is 0 Å². The maximum absolute atomic E-state index is 12.3. The number of benzene rings is 1. The van der Waals surface area contributed by atoms with E-state index in [0.29, 0.717) is 28.1 Å². The summed E-state index contributed by atoms with van der Waals surface area (Å²) in [7, 11) is 1.48. The highest BCUT2D eigenvalue weighted by atomic mass is 79.9. The SMILES string of the molecule is Cc1c(Br)cc(S(=O)(=O)Cl)cc1C(=O)NCC1CC1(C)C. The van der Waals surface area contributed by atoms with Crippen molar-refractivity contribution in [3.05, 3.63) is 27.7 Å². The molecule has 0 heterocycles. The molecule has 116 valence electrons. The third-order valence-electron chi connectivity index (χ3n) is 4.07. The number of nitrogens with one attached hydrogen (secondary N) is 1. The quantitative estimate of drug-likeness (QED) is 0.795. The Labute approximate surface area is 137 Å². The van der Waals surface area contributed by atoms with Crippen molar-refractivity contribution in [3.8, 4) is 0 Å². The molecule has 0 spiro atoms. The van der Waals surface area contributed by atoms with E-state index in [1.165, 1.54) is 12.1 Å². The highest BCUT2D eigenvalue weighted by Gasteiger charge is 2.45. The van der Waals surface area contributed by atoms with Crippen LogP contribution < -0.4 is 5.32 Å². The lowest BCUT2D eigenvalue weighted by Gasteiger charge is -2.11. The van der Waals surface area contributed by atoms with Crippen LogP contribution in [0.3, 0.4) is 0 Å². The molecule has 0 radical (unpaired) electrons. The van der Waals surface area contributed by atoms with Gasteiger partial charge in [0, 0.05) is 27.3 Å². The van der Waals surface area contributed by atoms with Crippen molar-refractivity contribution in [3.63, 3.8) is 0 Å². The summed E-state index contributed by atoms with van der Waals surface area (Å²) in [5, 5.41) is 2.87. The first-order valence-electron chi connectivity index (χ1n) is 6.55. The molecule has 1 aliphatic carbocycles. The minimum Gasteiger partial charge on any atom is -0.352 e. The minimum atomic E-state index is -3.87. The Hall–Kier alpha value is -0.590. The van der Waals surface area contributed by atoms with Gasteiger partial charge in [-0.05, 0) is 42.4 Å². The van der Waals surface area contributed by atoms with E-state index < -0.39 is 9.05 Å². The van der Waals surface area contributed by atoms with Crippen molar-refractivity contribution in [1.82, 2.24) is 5.32 Å². The maximum atomic E-state index is 12.3. The highest BCUT2D eigenvalue weighted by molar-refractivity contribution is 9.10. The average molecular weight is 395 g/mol. The lowest BCUT2D eigenvalue weighted by Crippen LogP contribution is -2.27. The first-order chi connectivity index (χ1) is 9.52. The van der Waals surface area contributed by atoms with Crippen molar-refractivity contribution in [1.29, 1.82) is 0 Å². The molecule has 4 nitrogen and oxygen atoms in total. The van der Waals surface area contributed by atoms with E-state index in [9.17, 15) is 13.2 Å². The average Bonchev–Trinajstić information content (AvgIpc) is 2.96. The Morgan fingerprint density at radius 1 is 1.48 bits per heavy atom. The van der Waals surface area contributed by atoms with Gasteiger partial charge < -0.3 is 5.32 Å². The van der Waals surface area contributed by atoms with Crippen LogP contribution in [-0.2, 0) is 9.05 Å². The van der Waals surface area contributed by atoms with Crippen LogP contribution in [-0.4, -0.2) is 20.9 Å². The largest absolute Gasteiger partial charge is 0.352 e. The van der Waals surface area contributed by atoms with Gasteiger partial charge in [0.25, 0.3) is 15.0 Å². The smallest absolute Gasteiger partial charge is 0.261 e. The molecule has 0 saturated heterocycles. The fourth-order valence-electron chi connectivity index (χ4n) is 2.27. The molecule has 7 heteroatoms. The van der Waals surface area contributed by atoms with Gasteiger partial charge in [0.2, 0.25) is 0 Å². The van der Waals surface area contributed by atoms with Gasteiger partial charge in [-0.2, -0.15) is 0 Å². The van der Waals surface area contributed by atoms with E-state index in [4.69, 9.17) is 10.7 Å². The number of hydrogen-bond acceptors (Lipinski definition) is 3. The second-order valence-corrected chi connectivity index (χ2v) is 9.54. The van der Waals surface area contributed by atoms with Gasteiger partial charge in [0.1, 0.15) is 0 Å². The zero-order valence-electron chi connectivity index (χ0n) is 12.0. The van der Waals surface area contributed by atoms with Crippen LogP contribution in [0.2, 0.25) is 0 Å². The summed E-state index contributed by atoms with van der Waals surface area (Å²) in [5.41, 5.74) is 1.29. The van der Waals surface area contributed by atoms with E-state index >= 15 is 0 Å². The van der Waals surface area contributed by atoms with Gasteiger partial charge in [0.15, 0.2) is 0 Å². The van der Waals surface area contributed by atoms with E-state index in [0.717, 1.165) is 6.42 Å². The molecular weight excluding hydrogens is 378 g/mol. The van der Waals surface area contributed by atoms with E-state index in [2.05, 4.69) is 35.1 Å². The summed E-state index contributed by atoms with van der Waals surface area (Å²) >= 11 is 3.27. The summed E-state index contributed by atoms with van der Waals surface area (Å²) in [6.07, 6.45) is 1.09. The summed E-state index contributed by atoms with van der Waals surface area (Å²) in [4.78, 5) is 12.2. The second-order valence-electron chi connectivity index (χ2n) is 6.12. The standard InChI is InChI=1S/C14H17BrClNO3S/c1-8-11(4-10(5-12(8)15)21(16,19)20)13(18)17-7-9-6-14(9,2)3/h4-5,9H,6-7H2,1-3H3,(H,17,18). The molecule has 1 amide bonds. The van der Waals surface area contributed by atoms with Gasteiger partial charge in [-0.25, -0.2) is 8.42 Å². The second kappa shape index (κ2) is 5.56. The molecule has 2 rings (SSSR count). The fraction of sp³-hybridized carbons (Fsp3) is 0.500. The maximum Gasteiger partial charge on any atom is 0.261 e. The molecule has 1 aromatic carbocycles. The monoisotopic (exact) mass is 393 g/mol. The normalized spacial score (nSPS) is 20.1. The number of carbonyl (C=O) groups is 1. The molecule has 1 atom stereocenters. The Morgan fingerprint density at radius 3 is 2.52 bits per heavy atom. The minimum absolute atomic E-state index is 0.0847. The number of halogens is 2. The van der Waals surface area contributed by atoms with Crippen LogP contribution in [0.1, 0.15) is 36.2 Å². The molecule has 0 aromatic heterocycles. The molecule has 1 saturated carbocycles. The van der Waals surface area contributed by atoms with Crippen molar-refractivity contribution < 1.29 is 13.2 Å². The van der Waals surface area contributed by atoms with E-state index in [-0.39, 0.29) is 16.2 Å². The van der Waals surface area contributed by atoms with E-state index in [1.54, 1.807) is 6.92 Å². The Morgan fingerprint density at radius 2 is 2.05 bits per heavy atom. The van der Waals surface area contributed by atoms with Crippen molar-refractivity contribution in [2.45, 2.75) is 32.1 Å².